The summed E-state index contributed by atoms with van der Waals surface area (Å²) in [5.41, 5.74) is 1.26. The van der Waals surface area contributed by atoms with Gasteiger partial charge < -0.3 is 5.11 Å². The van der Waals surface area contributed by atoms with Crippen molar-refractivity contribution in [3.63, 3.8) is 0 Å². The number of carboxylic acid groups (broad SMARTS) is 1. The van der Waals surface area contributed by atoms with E-state index in [-0.39, 0.29) is 0 Å². The van der Waals surface area contributed by atoms with Gasteiger partial charge in [-0.05, 0) is 36.0 Å². The Labute approximate surface area is 100 Å². The molecule has 0 heterocycles. The third-order valence-corrected chi connectivity index (χ3v) is 3.66. The number of rotatable bonds is 3. The molecule has 2 rings (SSSR count). The van der Waals surface area contributed by atoms with Crippen LogP contribution >= 0.6 is 11.6 Å². The van der Waals surface area contributed by atoms with Crippen molar-refractivity contribution in [1.82, 2.24) is 0 Å². The van der Waals surface area contributed by atoms with Crippen molar-refractivity contribution in [2.24, 2.45) is 0 Å². The Morgan fingerprint density at radius 3 is 2.44 bits per heavy atom. The zero-order valence-electron chi connectivity index (χ0n) is 9.46. The Balaban J connectivity index is 2.39. The lowest BCUT2D eigenvalue weighted by Crippen LogP contribution is -2.19. The van der Waals surface area contributed by atoms with Crippen LogP contribution in [0.2, 0.25) is 5.02 Å². The van der Waals surface area contributed by atoms with Gasteiger partial charge in [-0.1, -0.05) is 37.6 Å². The topological polar surface area (TPSA) is 37.3 Å². The van der Waals surface area contributed by atoms with Gasteiger partial charge in [-0.2, -0.15) is 0 Å². The standard InChI is InChI=1S/C13H15ClO2/c1-8(2)10-4-3-9(7-11(10)14)13(5-6-13)12(15)16/h3-4,7-8H,5-6H2,1-2H3,(H,15,16). The monoisotopic (exact) mass is 238 g/mol. The van der Waals surface area contributed by atoms with Crippen LogP contribution in [0.1, 0.15) is 43.7 Å². The maximum atomic E-state index is 11.2. The second-order valence-electron chi connectivity index (χ2n) is 4.78. The first-order chi connectivity index (χ1) is 7.47. The average molecular weight is 239 g/mol. The van der Waals surface area contributed by atoms with Crippen LogP contribution in [0, 0.1) is 0 Å². The van der Waals surface area contributed by atoms with Gasteiger partial charge in [0.25, 0.3) is 0 Å². The fourth-order valence-electron chi connectivity index (χ4n) is 2.04. The Hall–Kier alpha value is -1.02. The Bertz CT molecular complexity index is 434. The molecule has 2 nitrogen and oxygen atoms in total. The number of benzene rings is 1. The van der Waals surface area contributed by atoms with Crippen molar-refractivity contribution in [3.8, 4) is 0 Å². The number of carbonyl (C=O) groups is 1. The molecule has 0 amide bonds. The van der Waals surface area contributed by atoms with Crippen LogP contribution in [0.15, 0.2) is 18.2 Å². The third-order valence-electron chi connectivity index (χ3n) is 3.33. The fraction of sp³-hybridized carbons (Fsp3) is 0.462. The zero-order valence-corrected chi connectivity index (χ0v) is 10.2. The number of hydrogen-bond acceptors (Lipinski definition) is 1. The molecule has 0 aliphatic heterocycles. The minimum Gasteiger partial charge on any atom is -0.481 e. The molecule has 86 valence electrons. The molecule has 1 aliphatic carbocycles. The average Bonchev–Trinajstić information content (AvgIpc) is 2.97. The predicted molar refractivity (Wildman–Crippen MR) is 64.1 cm³/mol. The predicted octanol–water partition coefficient (Wildman–Crippen LogP) is 3.58. The maximum Gasteiger partial charge on any atom is 0.314 e. The van der Waals surface area contributed by atoms with Crippen LogP contribution in [0.3, 0.4) is 0 Å². The Morgan fingerprint density at radius 2 is 2.06 bits per heavy atom. The zero-order chi connectivity index (χ0) is 11.9. The van der Waals surface area contributed by atoms with Crippen molar-refractivity contribution in [1.29, 1.82) is 0 Å². The molecule has 1 saturated carbocycles. The van der Waals surface area contributed by atoms with E-state index in [1.807, 2.05) is 18.2 Å². The summed E-state index contributed by atoms with van der Waals surface area (Å²) in [6.45, 7) is 4.15. The maximum absolute atomic E-state index is 11.2. The molecule has 0 spiro atoms. The fourth-order valence-corrected chi connectivity index (χ4v) is 2.44. The first-order valence-electron chi connectivity index (χ1n) is 5.51. The molecule has 0 bridgehead atoms. The van der Waals surface area contributed by atoms with E-state index in [2.05, 4.69) is 13.8 Å². The summed E-state index contributed by atoms with van der Waals surface area (Å²) in [6, 6.07) is 5.67. The summed E-state index contributed by atoms with van der Waals surface area (Å²) >= 11 is 6.17. The molecule has 0 radical (unpaired) electrons. The normalized spacial score (nSPS) is 17.5. The lowest BCUT2D eigenvalue weighted by atomic mass is 9.93. The van der Waals surface area contributed by atoms with E-state index in [0.717, 1.165) is 24.0 Å². The molecule has 16 heavy (non-hydrogen) atoms. The molecule has 1 aliphatic rings. The summed E-state index contributed by atoms with van der Waals surface area (Å²) in [5, 5.41) is 9.86. The van der Waals surface area contributed by atoms with Crippen LogP contribution in [0.25, 0.3) is 0 Å². The minimum absolute atomic E-state index is 0.363. The summed E-state index contributed by atoms with van der Waals surface area (Å²) in [4.78, 5) is 11.2. The molecule has 0 saturated heterocycles. The molecule has 0 aromatic heterocycles. The number of halogens is 1. The number of hydrogen-bond donors (Lipinski definition) is 1. The van der Waals surface area contributed by atoms with Crippen LogP contribution in [-0.2, 0) is 10.2 Å². The Kier molecular flexibility index (Phi) is 2.70. The van der Waals surface area contributed by atoms with E-state index < -0.39 is 11.4 Å². The molecular weight excluding hydrogens is 224 g/mol. The van der Waals surface area contributed by atoms with E-state index in [9.17, 15) is 9.90 Å². The van der Waals surface area contributed by atoms with Gasteiger partial charge >= 0.3 is 5.97 Å². The second kappa shape index (κ2) is 3.77. The lowest BCUT2D eigenvalue weighted by molar-refractivity contribution is -0.140. The number of carboxylic acids is 1. The van der Waals surface area contributed by atoms with E-state index in [4.69, 9.17) is 11.6 Å². The van der Waals surface area contributed by atoms with E-state index in [0.29, 0.717) is 10.9 Å². The van der Waals surface area contributed by atoms with Crippen LogP contribution < -0.4 is 0 Å². The minimum atomic E-state index is -0.735. The molecule has 0 unspecified atom stereocenters. The van der Waals surface area contributed by atoms with E-state index >= 15 is 0 Å². The molecule has 1 N–H and O–H groups in total. The molecule has 1 fully saturated rings. The lowest BCUT2D eigenvalue weighted by Gasteiger charge is -2.14. The van der Waals surface area contributed by atoms with Crippen LogP contribution in [0.4, 0.5) is 0 Å². The van der Waals surface area contributed by atoms with Crippen molar-refractivity contribution in [3.05, 3.63) is 34.3 Å². The van der Waals surface area contributed by atoms with E-state index in [1.165, 1.54) is 0 Å². The highest BCUT2D eigenvalue weighted by Gasteiger charge is 2.51. The van der Waals surface area contributed by atoms with Gasteiger partial charge in [-0.15, -0.1) is 0 Å². The summed E-state index contributed by atoms with van der Waals surface area (Å²) in [6.07, 6.45) is 1.44. The summed E-state index contributed by atoms with van der Waals surface area (Å²) in [7, 11) is 0. The third kappa shape index (κ3) is 1.71. The molecular formula is C13H15ClO2. The highest BCUT2D eigenvalue weighted by Crippen LogP contribution is 2.49. The molecule has 1 aromatic rings. The highest BCUT2D eigenvalue weighted by molar-refractivity contribution is 6.31. The smallest absolute Gasteiger partial charge is 0.314 e. The van der Waals surface area contributed by atoms with Gasteiger partial charge in [-0.25, -0.2) is 0 Å². The van der Waals surface area contributed by atoms with Gasteiger partial charge in [0.2, 0.25) is 0 Å². The van der Waals surface area contributed by atoms with Crippen molar-refractivity contribution in [2.45, 2.75) is 38.0 Å². The summed E-state index contributed by atoms with van der Waals surface area (Å²) < 4.78 is 0. The van der Waals surface area contributed by atoms with Crippen LogP contribution in [-0.4, -0.2) is 11.1 Å². The van der Waals surface area contributed by atoms with Crippen LogP contribution in [0.5, 0.6) is 0 Å². The van der Waals surface area contributed by atoms with Gasteiger partial charge in [0.05, 0.1) is 5.41 Å². The quantitative estimate of drug-likeness (QED) is 0.874. The highest BCUT2D eigenvalue weighted by atomic mass is 35.5. The second-order valence-corrected chi connectivity index (χ2v) is 5.19. The van der Waals surface area contributed by atoms with Gasteiger partial charge in [0.1, 0.15) is 0 Å². The van der Waals surface area contributed by atoms with Crippen molar-refractivity contribution < 1.29 is 9.90 Å². The Morgan fingerprint density at radius 1 is 1.44 bits per heavy atom. The van der Waals surface area contributed by atoms with Crippen molar-refractivity contribution >= 4 is 17.6 Å². The molecule has 1 aromatic carbocycles. The van der Waals surface area contributed by atoms with Gasteiger partial charge in [-0.3, -0.25) is 4.79 Å². The largest absolute Gasteiger partial charge is 0.481 e. The summed E-state index contributed by atoms with van der Waals surface area (Å²) in [5.74, 6) is -0.373. The molecule has 0 atom stereocenters. The van der Waals surface area contributed by atoms with Crippen molar-refractivity contribution in [2.75, 3.05) is 0 Å². The first kappa shape index (κ1) is 11.5. The molecule has 3 heteroatoms. The van der Waals surface area contributed by atoms with E-state index in [1.54, 1.807) is 0 Å². The first-order valence-corrected chi connectivity index (χ1v) is 5.88. The van der Waals surface area contributed by atoms with Gasteiger partial charge in [0.15, 0.2) is 0 Å². The van der Waals surface area contributed by atoms with Gasteiger partial charge in [0, 0.05) is 5.02 Å². The SMILES string of the molecule is CC(C)c1ccc(C2(C(=O)O)CC2)cc1Cl. The number of aliphatic carboxylic acids is 1.